The zero-order valence-electron chi connectivity index (χ0n) is 12.6. The maximum atomic E-state index is 11.6. The Kier molecular flexibility index (Phi) is 5.00. The minimum atomic E-state index is -0.0397. The van der Waals surface area contributed by atoms with Crippen LogP contribution in [-0.2, 0) is 11.8 Å². The van der Waals surface area contributed by atoms with E-state index in [2.05, 4.69) is 20.6 Å². The van der Waals surface area contributed by atoms with E-state index in [1.54, 1.807) is 4.68 Å². The van der Waals surface area contributed by atoms with Crippen molar-refractivity contribution >= 4 is 17.7 Å². The second-order valence-electron chi connectivity index (χ2n) is 5.15. The number of rotatable bonds is 6. The van der Waals surface area contributed by atoms with Gasteiger partial charge in [0.05, 0.1) is 5.75 Å². The van der Waals surface area contributed by atoms with Gasteiger partial charge in [-0.25, -0.2) is 0 Å². The molecule has 1 N–H and O–H groups in total. The Morgan fingerprint density at radius 1 is 1.48 bits per heavy atom. The Morgan fingerprint density at radius 2 is 2.24 bits per heavy atom. The molecule has 114 valence electrons. The largest absolute Gasteiger partial charge is 0.410 e. The number of thioether (sulfide) groups is 1. The molecule has 7 nitrogen and oxygen atoms in total. The maximum absolute atomic E-state index is 11.6. The van der Waals surface area contributed by atoms with Gasteiger partial charge in [-0.15, -0.1) is 10.2 Å². The average Bonchev–Trinajstić information content (AvgIpc) is 3.02. The van der Waals surface area contributed by atoms with Crippen molar-refractivity contribution in [1.29, 1.82) is 0 Å². The molecule has 0 unspecified atom stereocenters. The summed E-state index contributed by atoms with van der Waals surface area (Å²) in [6, 6.07) is 1.87. The van der Waals surface area contributed by atoms with Crippen LogP contribution in [-0.4, -0.2) is 38.2 Å². The van der Waals surface area contributed by atoms with Crippen molar-refractivity contribution in [2.24, 2.45) is 13.0 Å². The fourth-order valence-electron chi connectivity index (χ4n) is 1.53. The quantitative estimate of drug-likeness (QED) is 0.816. The minimum absolute atomic E-state index is 0.0397. The van der Waals surface area contributed by atoms with Gasteiger partial charge in [0.1, 0.15) is 5.69 Å². The lowest BCUT2D eigenvalue weighted by Gasteiger charge is -2.05. The molecule has 0 bridgehead atoms. The third-order valence-corrected chi connectivity index (χ3v) is 3.59. The van der Waals surface area contributed by atoms with E-state index in [9.17, 15) is 4.79 Å². The fraction of sp³-hybridized carbons (Fsp3) is 0.538. The van der Waals surface area contributed by atoms with Gasteiger partial charge in [-0.3, -0.25) is 9.48 Å². The molecular weight excluding hydrogens is 290 g/mol. The van der Waals surface area contributed by atoms with E-state index in [1.165, 1.54) is 11.8 Å². The first-order valence-electron chi connectivity index (χ1n) is 6.69. The fourth-order valence-corrected chi connectivity index (χ4v) is 2.13. The number of carbonyl (C=O) groups is 1. The lowest BCUT2D eigenvalue weighted by Crippen LogP contribution is -2.28. The van der Waals surface area contributed by atoms with Crippen LogP contribution in [0.2, 0.25) is 0 Å². The molecular formula is C13H19N5O2S. The van der Waals surface area contributed by atoms with Gasteiger partial charge in [0, 0.05) is 19.3 Å². The number of hydrogen-bond donors (Lipinski definition) is 1. The molecule has 0 aliphatic heterocycles. The Hall–Kier alpha value is -1.83. The first kappa shape index (κ1) is 15.6. The van der Waals surface area contributed by atoms with Crippen LogP contribution in [0.4, 0.5) is 0 Å². The number of hydrogen-bond acceptors (Lipinski definition) is 6. The Balaban J connectivity index is 1.90. The molecule has 1 amide bonds. The number of aromatic nitrogens is 4. The van der Waals surface area contributed by atoms with Crippen molar-refractivity contribution < 1.29 is 9.21 Å². The van der Waals surface area contributed by atoms with Crippen molar-refractivity contribution in [3.63, 3.8) is 0 Å². The predicted molar refractivity (Wildman–Crippen MR) is 79.8 cm³/mol. The molecule has 0 radical (unpaired) electrons. The van der Waals surface area contributed by atoms with E-state index < -0.39 is 0 Å². The topological polar surface area (TPSA) is 85.8 Å². The van der Waals surface area contributed by atoms with Gasteiger partial charge in [0.2, 0.25) is 5.91 Å². The van der Waals surface area contributed by atoms with Crippen LogP contribution in [0.25, 0.3) is 11.6 Å². The van der Waals surface area contributed by atoms with E-state index in [1.807, 2.05) is 33.9 Å². The summed E-state index contributed by atoms with van der Waals surface area (Å²) in [5.41, 5.74) is 1.64. The summed E-state index contributed by atoms with van der Waals surface area (Å²) in [5.74, 6) is 1.02. The molecule has 0 aromatic carbocycles. The van der Waals surface area contributed by atoms with Crippen LogP contribution in [0.1, 0.15) is 19.5 Å². The molecule has 0 saturated heterocycles. The van der Waals surface area contributed by atoms with Crippen LogP contribution in [0, 0.1) is 12.8 Å². The molecule has 2 rings (SSSR count). The molecule has 8 heteroatoms. The maximum Gasteiger partial charge on any atom is 0.277 e. The number of carbonyl (C=O) groups excluding carboxylic acids is 1. The number of nitrogens with zero attached hydrogens (tertiary/aromatic N) is 4. The predicted octanol–water partition coefficient (Wildman–Crippen LogP) is 1.64. The Morgan fingerprint density at radius 3 is 2.86 bits per heavy atom. The molecule has 0 fully saturated rings. The molecule has 21 heavy (non-hydrogen) atoms. The summed E-state index contributed by atoms with van der Waals surface area (Å²) in [6.45, 7) is 6.71. The SMILES string of the molecule is Cc1cc(-c2nnc(SCC(=O)NCC(C)C)o2)nn1C. The molecule has 2 heterocycles. The lowest BCUT2D eigenvalue weighted by atomic mass is 10.2. The summed E-state index contributed by atoms with van der Waals surface area (Å²) < 4.78 is 7.24. The summed E-state index contributed by atoms with van der Waals surface area (Å²) in [5, 5.41) is 15.3. The van der Waals surface area contributed by atoms with Gasteiger partial charge in [0.15, 0.2) is 0 Å². The van der Waals surface area contributed by atoms with E-state index >= 15 is 0 Å². The highest BCUT2D eigenvalue weighted by Gasteiger charge is 2.14. The van der Waals surface area contributed by atoms with Crippen LogP contribution < -0.4 is 5.32 Å². The lowest BCUT2D eigenvalue weighted by molar-refractivity contribution is -0.118. The third-order valence-electron chi connectivity index (χ3n) is 2.77. The Labute approximate surface area is 127 Å². The summed E-state index contributed by atoms with van der Waals surface area (Å²) in [7, 11) is 1.85. The molecule has 0 spiro atoms. The van der Waals surface area contributed by atoms with Crippen LogP contribution in [0.15, 0.2) is 15.7 Å². The highest BCUT2D eigenvalue weighted by Crippen LogP contribution is 2.22. The second kappa shape index (κ2) is 6.75. The number of amides is 1. The van der Waals surface area contributed by atoms with Gasteiger partial charge in [-0.05, 0) is 18.9 Å². The smallest absolute Gasteiger partial charge is 0.277 e. The molecule has 0 saturated carbocycles. The first-order chi connectivity index (χ1) is 9.95. The van der Waals surface area contributed by atoms with Gasteiger partial charge in [-0.2, -0.15) is 5.10 Å². The van der Waals surface area contributed by atoms with E-state index in [0.29, 0.717) is 29.3 Å². The van der Waals surface area contributed by atoms with Crippen molar-refractivity contribution in [2.45, 2.75) is 26.0 Å². The zero-order chi connectivity index (χ0) is 15.4. The summed E-state index contributed by atoms with van der Waals surface area (Å²) >= 11 is 1.22. The normalized spacial score (nSPS) is 11.1. The van der Waals surface area contributed by atoms with Crippen molar-refractivity contribution in [3.05, 3.63) is 11.8 Å². The number of nitrogens with one attached hydrogen (secondary N) is 1. The van der Waals surface area contributed by atoms with Gasteiger partial charge in [-0.1, -0.05) is 25.6 Å². The molecule has 2 aromatic rings. The highest BCUT2D eigenvalue weighted by atomic mass is 32.2. The molecule has 0 atom stereocenters. The van der Waals surface area contributed by atoms with Crippen LogP contribution >= 0.6 is 11.8 Å². The van der Waals surface area contributed by atoms with Crippen molar-refractivity contribution in [1.82, 2.24) is 25.3 Å². The Bertz CT molecular complexity index is 600. The van der Waals surface area contributed by atoms with Gasteiger partial charge >= 0.3 is 0 Å². The van der Waals surface area contributed by atoms with E-state index in [0.717, 1.165) is 5.69 Å². The van der Waals surface area contributed by atoms with E-state index in [4.69, 9.17) is 4.42 Å². The first-order valence-corrected chi connectivity index (χ1v) is 7.68. The third kappa shape index (κ3) is 4.32. The molecule has 0 aliphatic carbocycles. The van der Waals surface area contributed by atoms with Gasteiger partial charge in [0.25, 0.3) is 11.1 Å². The monoisotopic (exact) mass is 309 g/mol. The van der Waals surface area contributed by atoms with Gasteiger partial charge < -0.3 is 9.73 Å². The zero-order valence-corrected chi connectivity index (χ0v) is 13.4. The van der Waals surface area contributed by atoms with Crippen LogP contribution in [0.5, 0.6) is 0 Å². The van der Waals surface area contributed by atoms with E-state index in [-0.39, 0.29) is 11.7 Å². The average molecular weight is 309 g/mol. The van der Waals surface area contributed by atoms with Crippen molar-refractivity contribution in [3.8, 4) is 11.6 Å². The second-order valence-corrected chi connectivity index (χ2v) is 6.08. The number of aryl methyl sites for hydroxylation is 2. The van der Waals surface area contributed by atoms with Crippen molar-refractivity contribution in [2.75, 3.05) is 12.3 Å². The molecule has 2 aromatic heterocycles. The highest BCUT2D eigenvalue weighted by molar-refractivity contribution is 7.99. The summed E-state index contributed by atoms with van der Waals surface area (Å²) in [6.07, 6.45) is 0. The summed E-state index contributed by atoms with van der Waals surface area (Å²) in [4.78, 5) is 11.6. The van der Waals surface area contributed by atoms with Crippen LogP contribution in [0.3, 0.4) is 0 Å². The molecule has 0 aliphatic rings. The minimum Gasteiger partial charge on any atom is -0.410 e. The standard InChI is InChI=1S/C13H19N5O2S/c1-8(2)6-14-11(19)7-21-13-16-15-12(20-13)10-5-9(3)18(4)17-10/h5,8H,6-7H2,1-4H3,(H,14,19).